The van der Waals surface area contributed by atoms with E-state index in [1.165, 1.54) is 0 Å². The third-order valence-electron chi connectivity index (χ3n) is 3.19. The van der Waals surface area contributed by atoms with Gasteiger partial charge in [0.15, 0.2) is 5.11 Å². The standard InChI is InChI=1S/C14H14BrClN2O2S/c1-4-18-13(19)11(17(2)14(18)21)6-8-5-9(15)7-10(16)12(8)20-3/h5-7H,4H2,1-3H3/b11-6+. The summed E-state index contributed by atoms with van der Waals surface area (Å²) in [5.41, 5.74) is 1.21. The van der Waals surface area contributed by atoms with Crippen LogP contribution in [0.1, 0.15) is 12.5 Å². The fraction of sp³-hybridized carbons (Fsp3) is 0.286. The van der Waals surface area contributed by atoms with E-state index in [1.54, 1.807) is 36.1 Å². The molecule has 21 heavy (non-hydrogen) atoms. The van der Waals surface area contributed by atoms with Gasteiger partial charge in [-0.2, -0.15) is 0 Å². The molecule has 1 saturated heterocycles. The van der Waals surface area contributed by atoms with Gasteiger partial charge in [-0.1, -0.05) is 27.5 Å². The third kappa shape index (κ3) is 2.93. The molecule has 2 rings (SSSR count). The molecule has 112 valence electrons. The zero-order valence-electron chi connectivity index (χ0n) is 11.8. The number of amides is 1. The van der Waals surface area contributed by atoms with Crippen LogP contribution in [0.3, 0.4) is 0 Å². The van der Waals surface area contributed by atoms with Crippen molar-refractivity contribution in [1.29, 1.82) is 0 Å². The highest BCUT2D eigenvalue weighted by Gasteiger charge is 2.34. The molecule has 0 atom stereocenters. The molecule has 1 aliphatic heterocycles. The van der Waals surface area contributed by atoms with Crippen LogP contribution in [0.5, 0.6) is 5.75 Å². The Morgan fingerprint density at radius 1 is 1.48 bits per heavy atom. The van der Waals surface area contributed by atoms with Crippen LogP contribution in [0.25, 0.3) is 6.08 Å². The quantitative estimate of drug-likeness (QED) is 0.585. The molecule has 0 radical (unpaired) electrons. The Balaban J connectivity index is 2.54. The summed E-state index contributed by atoms with van der Waals surface area (Å²) in [5, 5.41) is 0.968. The van der Waals surface area contributed by atoms with Crippen molar-refractivity contribution in [2.45, 2.75) is 6.92 Å². The van der Waals surface area contributed by atoms with Crippen molar-refractivity contribution in [2.75, 3.05) is 20.7 Å². The molecule has 0 bridgehead atoms. The number of ether oxygens (including phenoxy) is 1. The molecule has 1 aromatic carbocycles. The van der Waals surface area contributed by atoms with Crippen LogP contribution in [0.4, 0.5) is 0 Å². The van der Waals surface area contributed by atoms with E-state index >= 15 is 0 Å². The Labute approximate surface area is 142 Å². The van der Waals surface area contributed by atoms with Gasteiger partial charge in [-0.05, 0) is 37.4 Å². The normalized spacial score (nSPS) is 17.1. The van der Waals surface area contributed by atoms with E-state index in [2.05, 4.69) is 15.9 Å². The lowest BCUT2D eigenvalue weighted by Gasteiger charge is -2.14. The van der Waals surface area contributed by atoms with Crippen molar-refractivity contribution in [1.82, 2.24) is 9.80 Å². The summed E-state index contributed by atoms with van der Waals surface area (Å²) in [4.78, 5) is 15.6. The van der Waals surface area contributed by atoms with Crippen molar-refractivity contribution in [3.63, 3.8) is 0 Å². The van der Waals surface area contributed by atoms with E-state index in [1.807, 2.05) is 13.0 Å². The van der Waals surface area contributed by atoms with E-state index in [9.17, 15) is 4.79 Å². The predicted octanol–water partition coefficient (Wildman–Crippen LogP) is 3.53. The number of hydrogen-bond donors (Lipinski definition) is 0. The summed E-state index contributed by atoms with van der Waals surface area (Å²) in [7, 11) is 3.31. The monoisotopic (exact) mass is 388 g/mol. The fourth-order valence-electron chi connectivity index (χ4n) is 2.14. The van der Waals surface area contributed by atoms with E-state index in [0.717, 1.165) is 4.47 Å². The van der Waals surface area contributed by atoms with E-state index in [0.29, 0.717) is 33.7 Å². The molecule has 4 nitrogen and oxygen atoms in total. The second kappa shape index (κ2) is 6.34. The van der Waals surface area contributed by atoms with Gasteiger partial charge < -0.3 is 9.64 Å². The first-order valence-electron chi connectivity index (χ1n) is 6.25. The number of benzene rings is 1. The van der Waals surface area contributed by atoms with Gasteiger partial charge in [0.25, 0.3) is 5.91 Å². The Hall–Kier alpha value is -1.11. The van der Waals surface area contributed by atoms with Crippen LogP contribution in [-0.4, -0.2) is 41.5 Å². The second-order valence-electron chi connectivity index (χ2n) is 4.43. The van der Waals surface area contributed by atoms with E-state index in [4.69, 9.17) is 28.6 Å². The fourth-order valence-corrected chi connectivity index (χ4v) is 3.36. The number of thiocarbonyl (C=S) groups is 1. The maximum Gasteiger partial charge on any atom is 0.276 e. The van der Waals surface area contributed by atoms with Crippen LogP contribution in [0, 0.1) is 0 Å². The lowest BCUT2D eigenvalue weighted by Crippen LogP contribution is -2.30. The number of methoxy groups -OCH3 is 1. The smallest absolute Gasteiger partial charge is 0.276 e. The summed E-state index contributed by atoms with van der Waals surface area (Å²) in [6, 6.07) is 3.59. The van der Waals surface area contributed by atoms with Gasteiger partial charge in [0.05, 0.1) is 12.1 Å². The average Bonchev–Trinajstić information content (AvgIpc) is 2.62. The molecule has 1 aromatic rings. The number of carbonyl (C=O) groups excluding carboxylic acids is 1. The molecule has 0 N–H and O–H groups in total. The number of carbonyl (C=O) groups is 1. The molecule has 0 unspecified atom stereocenters. The molecule has 0 aromatic heterocycles. The number of hydrogen-bond acceptors (Lipinski definition) is 3. The van der Waals surface area contributed by atoms with Gasteiger partial charge in [0, 0.05) is 23.6 Å². The number of halogens is 2. The van der Waals surface area contributed by atoms with E-state index < -0.39 is 0 Å². The maximum atomic E-state index is 12.4. The highest BCUT2D eigenvalue weighted by molar-refractivity contribution is 9.10. The van der Waals surface area contributed by atoms with Gasteiger partial charge >= 0.3 is 0 Å². The lowest BCUT2D eigenvalue weighted by atomic mass is 10.1. The molecular formula is C14H14BrClN2O2S. The molecule has 1 heterocycles. The van der Waals surface area contributed by atoms with Crippen LogP contribution in [0.15, 0.2) is 22.3 Å². The first-order valence-corrected chi connectivity index (χ1v) is 7.82. The van der Waals surface area contributed by atoms with Gasteiger partial charge in [0.2, 0.25) is 0 Å². The molecule has 1 fully saturated rings. The largest absolute Gasteiger partial charge is 0.495 e. The highest BCUT2D eigenvalue weighted by Crippen LogP contribution is 2.34. The number of likely N-dealkylation sites (N-methyl/N-ethyl adjacent to an activating group) is 2. The zero-order valence-corrected chi connectivity index (χ0v) is 15.0. The topological polar surface area (TPSA) is 32.8 Å². The van der Waals surface area contributed by atoms with Crippen LogP contribution >= 0.6 is 39.7 Å². The molecule has 1 amide bonds. The van der Waals surface area contributed by atoms with Crippen LogP contribution in [0.2, 0.25) is 5.02 Å². The predicted molar refractivity (Wildman–Crippen MR) is 91.4 cm³/mol. The molecule has 0 saturated carbocycles. The first-order chi connectivity index (χ1) is 9.90. The summed E-state index contributed by atoms with van der Waals surface area (Å²) in [6.45, 7) is 2.42. The van der Waals surface area contributed by atoms with Crippen molar-refractivity contribution < 1.29 is 9.53 Å². The summed E-state index contributed by atoms with van der Waals surface area (Å²) in [5.74, 6) is 0.401. The Morgan fingerprint density at radius 2 is 2.14 bits per heavy atom. The third-order valence-corrected chi connectivity index (χ3v) is 4.43. The van der Waals surface area contributed by atoms with Gasteiger partial charge in [0.1, 0.15) is 11.4 Å². The minimum absolute atomic E-state index is 0.122. The molecule has 0 aliphatic carbocycles. The zero-order chi connectivity index (χ0) is 15.7. The minimum atomic E-state index is -0.122. The van der Waals surface area contributed by atoms with Gasteiger partial charge in [-0.3, -0.25) is 9.69 Å². The summed E-state index contributed by atoms with van der Waals surface area (Å²) >= 11 is 14.8. The van der Waals surface area contributed by atoms with Gasteiger partial charge in [-0.25, -0.2) is 0 Å². The molecular weight excluding hydrogens is 376 g/mol. The second-order valence-corrected chi connectivity index (χ2v) is 6.12. The summed E-state index contributed by atoms with van der Waals surface area (Å²) < 4.78 is 6.13. The van der Waals surface area contributed by atoms with E-state index in [-0.39, 0.29) is 5.91 Å². The molecule has 7 heteroatoms. The molecule has 1 aliphatic rings. The van der Waals surface area contributed by atoms with Crippen molar-refractivity contribution in [3.05, 3.63) is 32.9 Å². The minimum Gasteiger partial charge on any atom is -0.495 e. The SMILES string of the molecule is CCN1C(=O)/C(=C\c2cc(Br)cc(Cl)c2OC)N(C)C1=S. The Morgan fingerprint density at radius 3 is 2.67 bits per heavy atom. The number of rotatable bonds is 3. The van der Waals surface area contributed by atoms with Crippen LogP contribution < -0.4 is 4.74 Å². The Kier molecular flexibility index (Phi) is 4.91. The maximum absolute atomic E-state index is 12.4. The summed E-state index contributed by atoms with van der Waals surface area (Å²) in [6.07, 6.45) is 1.74. The van der Waals surface area contributed by atoms with Crippen molar-refractivity contribution in [3.8, 4) is 5.75 Å². The molecule has 0 spiro atoms. The van der Waals surface area contributed by atoms with Crippen LogP contribution in [-0.2, 0) is 4.79 Å². The Bertz CT molecular complexity index is 648. The average molecular weight is 390 g/mol. The highest BCUT2D eigenvalue weighted by atomic mass is 79.9. The van der Waals surface area contributed by atoms with Gasteiger partial charge in [-0.15, -0.1) is 0 Å². The first kappa shape index (κ1) is 16.3. The number of nitrogens with zero attached hydrogens (tertiary/aromatic N) is 2. The lowest BCUT2D eigenvalue weighted by molar-refractivity contribution is -0.122. The van der Waals surface area contributed by atoms with Crippen molar-refractivity contribution >= 4 is 56.8 Å². The van der Waals surface area contributed by atoms with Crippen molar-refractivity contribution in [2.24, 2.45) is 0 Å².